The molecule has 0 radical (unpaired) electrons. The Kier molecular flexibility index (Phi) is 9.22. The van der Waals surface area contributed by atoms with Crippen LogP contribution in [0.15, 0.2) is 218 Å². The van der Waals surface area contributed by atoms with E-state index >= 15 is 0 Å². The quantitative estimate of drug-likeness (QED) is 0.141. The topological polar surface area (TPSA) is 6.48 Å². The molecule has 0 aliphatic heterocycles. The Balaban J connectivity index is 0.957. The second kappa shape index (κ2) is 15.4. The molecule has 2 nitrogen and oxygen atoms in total. The Morgan fingerprint density at radius 3 is 0.924 bits per heavy atom. The van der Waals surface area contributed by atoms with Gasteiger partial charge in [0.25, 0.3) is 0 Å². The maximum Gasteiger partial charge on any atom is 0.0465 e. The van der Waals surface area contributed by atoms with Crippen molar-refractivity contribution in [3.8, 4) is 22.3 Å². The Labute approximate surface area is 388 Å². The van der Waals surface area contributed by atoms with Crippen molar-refractivity contribution in [2.75, 3.05) is 9.80 Å². The summed E-state index contributed by atoms with van der Waals surface area (Å²) in [5.74, 6) is 0. The summed E-state index contributed by atoms with van der Waals surface area (Å²) in [6.07, 6.45) is 4.75. The average molecular weight is 847 g/mol. The summed E-state index contributed by atoms with van der Waals surface area (Å²) in [6, 6.07) is 80.0. The molecule has 10 aromatic carbocycles. The van der Waals surface area contributed by atoms with Gasteiger partial charge in [-0.25, -0.2) is 0 Å². The van der Waals surface area contributed by atoms with Crippen LogP contribution in [0.2, 0.25) is 0 Å². The maximum absolute atomic E-state index is 2.47. The van der Waals surface area contributed by atoms with Gasteiger partial charge in [0.15, 0.2) is 0 Å². The van der Waals surface area contributed by atoms with Gasteiger partial charge < -0.3 is 9.80 Å². The summed E-state index contributed by atoms with van der Waals surface area (Å²) in [5, 5.41) is 5.12. The number of para-hydroxylation sites is 4. The first-order valence-corrected chi connectivity index (χ1v) is 23.2. The Hall–Kier alpha value is -7.94. The van der Waals surface area contributed by atoms with Gasteiger partial charge in [0, 0.05) is 45.0 Å². The zero-order chi connectivity index (χ0) is 44.6. The van der Waals surface area contributed by atoms with E-state index in [2.05, 4.69) is 268 Å². The van der Waals surface area contributed by atoms with Gasteiger partial charge in [-0.3, -0.25) is 0 Å². The number of rotatable bonds is 8. The molecule has 2 heteroatoms. The molecule has 0 atom stereocenters. The van der Waals surface area contributed by atoms with Crippen LogP contribution in [-0.2, 0) is 10.8 Å². The molecule has 2 aliphatic carbocycles. The average Bonchev–Trinajstić information content (AvgIpc) is 3.73. The summed E-state index contributed by atoms with van der Waals surface area (Å²) in [4.78, 5) is 4.74. The fraction of sp³-hybridized carbons (Fsp3) is 0.0938. The SMILES string of the molecule is CC1(C)c2cc(N(c3ccccc3)c3ccccc3)ccc2-c2c1cc(C=Cc1cc3c(c4ccccc14)-c1ccc(N(c4ccccc4)c4ccccc4)cc1C3(C)C)c1ccccc21. The van der Waals surface area contributed by atoms with E-state index in [1.165, 1.54) is 77.2 Å². The van der Waals surface area contributed by atoms with Crippen LogP contribution in [0, 0.1) is 0 Å². The summed E-state index contributed by atoms with van der Waals surface area (Å²) in [7, 11) is 0. The Morgan fingerprint density at radius 2 is 0.591 bits per heavy atom. The molecule has 0 spiro atoms. The van der Waals surface area contributed by atoms with Gasteiger partial charge >= 0.3 is 0 Å². The van der Waals surface area contributed by atoms with Crippen molar-refractivity contribution < 1.29 is 0 Å². The minimum atomic E-state index is -0.224. The predicted octanol–water partition coefficient (Wildman–Crippen LogP) is 17.7. The minimum Gasteiger partial charge on any atom is -0.310 e. The number of nitrogens with zero attached hydrogens (tertiary/aromatic N) is 2. The molecule has 66 heavy (non-hydrogen) atoms. The third kappa shape index (κ3) is 6.24. The normalized spacial score (nSPS) is 13.9. The van der Waals surface area contributed by atoms with Crippen LogP contribution in [0.1, 0.15) is 61.1 Å². The largest absolute Gasteiger partial charge is 0.310 e. The molecule has 0 N–H and O–H groups in total. The molecular weight excluding hydrogens is 797 g/mol. The summed E-state index contributed by atoms with van der Waals surface area (Å²) in [6.45, 7) is 9.60. The first kappa shape index (κ1) is 39.6. The van der Waals surface area contributed by atoms with E-state index < -0.39 is 0 Å². The number of anilines is 6. The molecule has 0 heterocycles. The van der Waals surface area contributed by atoms with Crippen LogP contribution >= 0.6 is 0 Å². The number of hydrogen-bond acceptors (Lipinski definition) is 2. The molecule has 0 bridgehead atoms. The highest BCUT2D eigenvalue weighted by Gasteiger charge is 2.39. The molecule has 0 fully saturated rings. The van der Waals surface area contributed by atoms with Crippen molar-refractivity contribution in [3.63, 3.8) is 0 Å². The molecule has 0 saturated carbocycles. The summed E-state index contributed by atoms with van der Waals surface area (Å²) >= 11 is 0. The van der Waals surface area contributed by atoms with Crippen molar-refractivity contribution in [1.29, 1.82) is 0 Å². The molecule has 316 valence electrons. The Morgan fingerprint density at radius 1 is 0.288 bits per heavy atom. The molecule has 12 rings (SSSR count). The standard InChI is InChI=1S/C64H50N2/c1-63(2)57-41-49(65(45-21-9-5-10-22-45)46-23-11-6-12-24-46)35-37-55(57)61-53-31-19-17-29-51(53)43(39-59(61)63)33-34-44-40-60-62(54-32-20-18-30-52(44)54)56-38-36-50(42-58(56)64(60,3)4)66(47-25-13-7-14-26-47)48-27-15-8-16-28-48/h5-42H,1-4H3. The van der Waals surface area contributed by atoms with Crippen molar-refractivity contribution in [3.05, 3.63) is 252 Å². The zero-order valence-electron chi connectivity index (χ0n) is 37.8. The third-order valence-electron chi connectivity index (χ3n) is 14.4. The van der Waals surface area contributed by atoms with E-state index in [4.69, 9.17) is 0 Å². The van der Waals surface area contributed by atoms with E-state index in [0.29, 0.717) is 0 Å². The fourth-order valence-corrected chi connectivity index (χ4v) is 11.1. The first-order valence-electron chi connectivity index (χ1n) is 23.2. The molecule has 0 amide bonds. The lowest BCUT2D eigenvalue weighted by molar-refractivity contribution is 0.660. The van der Waals surface area contributed by atoms with Crippen molar-refractivity contribution >= 4 is 67.8 Å². The van der Waals surface area contributed by atoms with Crippen LogP contribution in [0.25, 0.3) is 56.0 Å². The lowest BCUT2D eigenvalue weighted by atomic mass is 9.80. The highest BCUT2D eigenvalue weighted by Crippen LogP contribution is 2.56. The van der Waals surface area contributed by atoms with Crippen LogP contribution in [-0.4, -0.2) is 0 Å². The van der Waals surface area contributed by atoms with E-state index in [-0.39, 0.29) is 10.8 Å². The predicted molar refractivity (Wildman–Crippen MR) is 281 cm³/mol. The number of benzene rings is 10. The Bertz CT molecular complexity index is 3200. The molecule has 0 unspecified atom stereocenters. The van der Waals surface area contributed by atoms with Gasteiger partial charge in [0.2, 0.25) is 0 Å². The van der Waals surface area contributed by atoms with Crippen LogP contribution < -0.4 is 9.80 Å². The van der Waals surface area contributed by atoms with Gasteiger partial charge in [-0.15, -0.1) is 0 Å². The smallest absolute Gasteiger partial charge is 0.0465 e. The number of hydrogen-bond donors (Lipinski definition) is 0. The molecule has 10 aromatic rings. The van der Waals surface area contributed by atoms with E-state index in [0.717, 1.165) is 34.1 Å². The summed E-state index contributed by atoms with van der Waals surface area (Å²) < 4.78 is 0. The van der Waals surface area contributed by atoms with Gasteiger partial charge in [-0.1, -0.05) is 173 Å². The second-order valence-corrected chi connectivity index (χ2v) is 18.9. The van der Waals surface area contributed by atoms with Crippen LogP contribution in [0.4, 0.5) is 34.1 Å². The van der Waals surface area contributed by atoms with Crippen LogP contribution in [0.5, 0.6) is 0 Å². The van der Waals surface area contributed by atoms with E-state index in [1.54, 1.807) is 0 Å². The lowest BCUT2D eigenvalue weighted by Gasteiger charge is -2.28. The van der Waals surface area contributed by atoms with E-state index in [9.17, 15) is 0 Å². The molecule has 0 saturated heterocycles. The fourth-order valence-electron chi connectivity index (χ4n) is 11.1. The maximum atomic E-state index is 2.47. The minimum absolute atomic E-state index is 0.224. The molecular formula is C64H50N2. The van der Waals surface area contributed by atoms with Gasteiger partial charge in [-0.05, 0) is 162 Å². The first-order chi connectivity index (χ1) is 32.3. The zero-order valence-corrected chi connectivity index (χ0v) is 37.8. The highest BCUT2D eigenvalue weighted by molar-refractivity contribution is 6.10. The third-order valence-corrected chi connectivity index (χ3v) is 14.4. The molecule has 0 aromatic heterocycles. The molecule has 2 aliphatic rings. The van der Waals surface area contributed by atoms with E-state index in [1.807, 2.05) is 0 Å². The van der Waals surface area contributed by atoms with Crippen molar-refractivity contribution in [1.82, 2.24) is 0 Å². The highest BCUT2D eigenvalue weighted by atomic mass is 15.1. The van der Waals surface area contributed by atoms with Gasteiger partial charge in [-0.2, -0.15) is 0 Å². The summed E-state index contributed by atoms with van der Waals surface area (Å²) in [5.41, 5.74) is 19.7. The lowest BCUT2D eigenvalue weighted by Crippen LogP contribution is -2.17. The monoisotopic (exact) mass is 846 g/mol. The van der Waals surface area contributed by atoms with Gasteiger partial charge in [0.1, 0.15) is 0 Å². The van der Waals surface area contributed by atoms with Crippen molar-refractivity contribution in [2.24, 2.45) is 0 Å². The van der Waals surface area contributed by atoms with Crippen LogP contribution in [0.3, 0.4) is 0 Å². The number of fused-ring (bicyclic) bond motifs is 10. The second-order valence-electron chi connectivity index (χ2n) is 18.9. The van der Waals surface area contributed by atoms with Crippen molar-refractivity contribution in [2.45, 2.75) is 38.5 Å². The van der Waals surface area contributed by atoms with Gasteiger partial charge in [0.05, 0.1) is 0 Å².